The third kappa shape index (κ3) is 3.40. The van der Waals surface area contributed by atoms with Gasteiger partial charge in [-0.3, -0.25) is 9.59 Å². The number of nitrogens with one attached hydrogen (secondary N) is 2. The van der Waals surface area contributed by atoms with Crippen molar-refractivity contribution in [3.05, 3.63) is 64.9 Å². The van der Waals surface area contributed by atoms with Crippen molar-refractivity contribution in [1.29, 1.82) is 0 Å². The molecule has 1 aromatic heterocycles. The number of fused-ring (bicyclic) bond motifs is 1. The standard InChI is InChI=1S/C20H20N2O3/c1-12-7-6-8-13(2)18(12)22-17(23)11-21-20(24)19-14(3)15-9-4-5-10-16(15)25-19/h4-10H,11H2,1-3H3,(H,21,24)(H,22,23). The van der Waals surface area contributed by atoms with Gasteiger partial charge in [-0.25, -0.2) is 0 Å². The minimum Gasteiger partial charge on any atom is -0.451 e. The Balaban J connectivity index is 1.67. The molecule has 0 aliphatic carbocycles. The minimum absolute atomic E-state index is 0.122. The molecule has 5 nitrogen and oxygen atoms in total. The van der Waals surface area contributed by atoms with Gasteiger partial charge in [0, 0.05) is 16.6 Å². The van der Waals surface area contributed by atoms with Crippen LogP contribution in [0.2, 0.25) is 0 Å². The van der Waals surface area contributed by atoms with Crippen molar-refractivity contribution in [3.63, 3.8) is 0 Å². The number of benzene rings is 2. The average Bonchev–Trinajstić information content (AvgIpc) is 2.93. The zero-order valence-corrected chi connectivity index (χ0v) is 14.5. The van der Waals surface area contributed by atoms with Crippen LogP contribution in [0.5, 0.6) is 0 Å². The molecule has 2 N–H and O–H groups in total. The van der Waals surface area contributed by atoms with E-state index in [1.807, 2.05) is 63.2 Å². The fourth-order valence-electron chi connectivity index (χ4n) is 2.83. The molecule has 3 aromatic rings. The number of amides is 2. The van der Waals surface area contributed by atoms with Gasteiger partial charge in [-0.05, 0) is 38.0 Å². The van der Waals surface area contributed by atoms with Crippen LogP contribution in [-0.4, -0.2) is 18.4 Å². The van der Waals surface area contributed by atoms with Gasteiger partial charge in [-0.1, -0.05) is 36.4 Å². The summed E-state index contributed by atoms with van der Waals surface area (Å²) in [5, 5.41) is 6.35. The highest BCUT2D eigenvalue weighted by molar-refractivity contribution is 6.02. The molecule has 5 heteroatoms. The Kier molecular flexibility index (Phi) is 4.57. The van der Waals surface area contributed by atoms with Gasteiger partial charge >= 0.3 is 0 Å². The summed E-state index contributed by atoms with van der Waals surface area (Å²) in [7, 11) is 0. The van der Waals surface area contributed by atoms with Crippen LogP contribution in [0.3, 0.4) is 0 Å². The van der Waals surface area contributed by atoms with Crippen molar-refractivity contribution < 1.29 is 14.0 Å². The molecule has 1 heterocycles. The maximum absolute atomic E-state index is 12.3. The minimum atomic E-state index is -0.398. The van der Waals surface area contributed by atoms with E-state index in [1.165, 1.54) is 0 Å². The molecule has 0 aliphatic heterocycles. The molecule has 0 spiro atoms. The van der Waals surface area contributed by atoms with Crippen LogP contribution in [0.1, 0.15) is 27.2 Å². The fraction of sp³-hybridized carbons (Fsp3) is 0.200. The van der Waals surface area contributed by atoms with Gasteiger partial charge in [0.05, 0.1) is 6.54 Å². The van der Waals surface area contributed by atoms with Gasteiger partial charge in [0.25, 0.3) is 5.91 Å². The van der Waals surface area contributed by atoms with Crippen LogP contribution < -0.4 is 10.6 Å². The summed E-state index contributed by atoms with van der Waals surface area (Å²) in [5.74, 6) is -0.439. The van der Waals surface area contributed by atoms with Crippen LogP contribution in [0.15, 0.2) is 46.9 Å². The Labute approximate surface area is 146 Å². The van der Waals surface area contributed by atoms with Crippen molar-refractivity contribution in [2.24, 2.45) is 0 Å². The summed E-state index contributed by atoms with van der Waals surface area (Å²) in [4.78, 5) is 24.5. The van der Waals surface area contributed by atoms with Crippen molar-refractivity contribution in [1.82, 2.24) is 5.32 Å². The smallest absolute Gasteiger partial charge is 0.287 e. The Hall–Kier alpha value is -3.08. The summed E-state index contributed by atoms with van der Waals surface area (Å²) in [6, 6.07) is 13.3. The lowest BCUT2D eigenvalue weighted by molar-refractivity contribution is -0.115. The Morgan fingerprint density at radius 3 is 2.32 bits per heavy atom. The van der Waals surface area contributed by atoms with E-state index in [9.17, 15) is 9.59 Å². The van der Waals surface area contributed by atoms with Crippen LogP contribution in [0.25, 0.3) is 11.0 Å². The molecule has 0 atom stereocenters. The van der Waals surface area contributed by atoms with E-state index in [4.69, 9.17) is 4.42 Å². The number of hydrogen-bond donors (Lipinski definition) is 2. The quantitative estimate of drug-likeness (QED) is 0.762. The van der Waals surface area contributed by atoms with E-state index in [0.29, 0.717) is 5.58 Å². The van der Waals surface area contributed by atoms with Crippen LogP contribution in [-0.2, 0) is 4.79 Å². The summed E-state index contributed by atoms with van der Waals surface area (Å²) in [6.45, 7) is 5.57. The number of furan rings is 1. The first-order valence-corrected chi connectivity index (χ1v) is 8.09. The molecule has 128 valence electrons. The molecule has 25 heavy (non-hydrogen) atoms. The van der Waals surface area contributed by atoms with Crippen molar-refractivity contribution in [3.8, 4) is 0 Å². The second kappa shape index (κ2) is 6.81. The third-order valence-electron chi connectivity index (χ3n) is 4.20. The number of hydrogen-bond acceptors (Lipinski definition) is 3. The second-order valence-electron chi connectivity index (χ2n) is 6.05. The maximum atomic E-state index is 12.3. The van der Waals surface area contributed by atoms with Crippen LogP contribution >= 0.6 is 0 Å². The lowest BCUT2D eigenvalue weighted by Crippen LogP contribution is -2.33. The van der Waals surface area contributed by atoms with Gasteiger partial charge in [0.15, 0.2) is 5.76 Å². The predicted molar refractivity (Wildman–Crippen MR) is 97.8 cm³/mol. The summed E-state index contributed by atoms with van der Waals surface area (Å²) < 4.78 is 5.61. The van der Waals surface area contributed by atoms with Crippen LogP contribution in [0, 0.1) is 20.8 Å². The first kappa shape index (κ1) is 16.8. The summed E-state index contributed by atoms with van der Waals surface area (Å²) in [6.07, 6.45) is 0. The van der Waals surface area contributed by atoms with Gasteiger partial charge in [0.2, 0.25) is 5.91 Å². The number of rotatable bonds is 4. The third-order valence-corrected chi connectivity index (χ3v) is 4.20. The van der Waals surface area contributed by atoms with Crippen molar-refractivity contribution in [2.45, 2.75) is 20.8 Å². The summed E-state index contributed by atoms with van der Waals surface area (Å²) >= 11 is 0. The molecule has 0 saturated heterocycles. The Morgan fingerprint density at radius 2 is 1.64 bits per heavy atom. The molecule has 2 aromatic carbocycles. The second-order valence-corrected chi connectivity index (χ2v) is 6.05. The number of carbonyl (C=O) groups excluding carboxylic acids is 2. The maximum Gasteiger partial charge on any atom is 0.287 e. The van der Waals surface area contributed by atoms with Gasteiger partial charge in [0.1, 0.15) is 5.58 Å². The van der Waals surface area contributed by atoms with E-state index in [-0.39, 0.29) is 18.2 Å². The predicted octanol–water partition coefficient (Wildman–Crippen LogP) is 3.73. The van der Waals surface area contributed by atoms with E-state index in [2.05, 4.69) is 10.6 Å². The lowest BCUT2D eigenvalue weighted by Gasteiger charge is -2.11. The van der Waals surface area contributed by atoms with Crippen molar-refractivity contribution >= 4 is 28.5 Å². The number of aryl methyl sites for hydroxylation is 3. The summed E-state index contributed by atoms with van der Waals surface area (Å²) in [5.41, 5.74) is 4.16. The number of anilines is 1. The average molecular weight is 336 g/mol. The Bertz CT molecular complexity index is 936. The highest BCUT2D eigenvalue weighted by Crippen LogP contribution is 2.24. The monoisotopic (exact) mass is 336 g/mol. The van der Waals surface area contributed by atoms with E-state index < -0.39 is 5.91 Å². The highest BCUT2D eigenvalue weighted by atomic mass is 16.3. The fourth-order valence-corrected chi connectivity index (χ4v) is 2.83. The number of carbonyl (C=O) groups is 2. The molecular formula is C20H20N2O3. The molecule has 0 fully saturated rings. The molecule has 0 aliphatic rings. The van der Waals surface area contributed by atoms with Gasteiger partial charge < -0.3 is 15.1 Å². The largest absolute Gasteiger partial charge is 0.451 e. The first-order chi connectivity index (χ1) is 12.0. The molecule has 0 unspecified atom stereocenters. The molecule has 0 bridgehead atoms. The molecule has 0 saturated carbocycles. The normalized spacial score (nSPS) is 10.7. The zero-order valence-electron chi connectivity index (χ0n) is 14.5. The highest BCUT2D eigenvalue weighted by Gasteiger charge is 2.18. The van der Waals surface area contributed by atoms with Gasteiger partial charge in [-0.2, -0.15) is 0 Å². The SMILES string of the molecule is Cc1cccc(C)c1NC(=O)CNC(=O)c1oc2ccccc2c1C. The number of para-hydroxylation sites is 2. The molecule has 3 rings (SSSR count). The first-order valence-electron chi connectivity index (χ1n) is 8.09. The van der Waals surface area contributed by atoms with Crippen molar-refractivity contribution in [2.75, 3.05) is 11.9 Å². The van der Waals surface area contributed by atoms with E-state index in [1.54, 1.807) is 0 Å². The molecule has 2 amide bonds. The molecule has 0 radical (unpaired) electrons. The molecular weight excluding hydrogens is 316 g/mol. The van der Waals surface area contributed by atoms with E-state index in [0.717, 1.165) is 27.8 Å². The topological polar surface area (TPSA) is 71.3 Å². The zero-order chi connectivity index (χ0) is 18.0. The lowest BCUT2D eigenvalue weighted by atomic mass is 10.1. The van der Waals surface area contributed by atoms with Crippen LogP contribution in [0.4, 0.5) is 5.69 Å². The Morgan fingerprint density at radius 1 is 0.960 bits per heavy atom. The van der Waals surface area contributed by atoms with Gasteiger partial charge in [-0.15, -0.1) is 0 Å². The van der Waals surface area contributed by atoms with E-state index >= 15 is 0 Å².